The minimum Gasteiger partial charge on any atom is -0.480 e. The number of hydrogen-bond donors (Lipinski definition) is 2. The Bertz CT molecular complexity index is 565. The summed E-state index contributed by atoms with van der Waals surface area (Å²) in [6, 6.07) is 7.93. The Balaban J connectivity index is 2.00. The van der Waals surface area contributed by atoms with Crippen molar-refractivity contribution in [2.24, 2.45) is 0 Å². The van der Waals surface area contributed by atoms with Crippen molar-refractivity contribution >= 4 is 11.7 Å². The van der Waals surface area contributed by atoms with Crippen LogP contribution in [0.4, 0.5) is 5.69 Å². The molecule has 1 unspecified atom stereocenters. The monoisotopic (exact) mass is 272 g/mol. The van der Waals surface area contributed by atoms with Gasteiger partial charge in [0, 0.05) is 12.2 Å². The van der Waals surface area contributed by atoms with Crippen LogP contribution in [0.15, 0.2) is 35.7 Å². The Kier molecular flexibility index (Phi) is 3.38. The quantitative estimate of drug-likeness (QED) is 0.868. The summed E-state index contributed by atoms with van der Waals surface area (Å²) in [5.74, 6) is 0.268. The Morgan fingerprint density at radius 3 is 3.00 bits per heavy atom. The van der Waals surface area contributed by atoms with Crippen LogP contribution in [-0.2, 0) is 11.2 Å². The van der Waals surface area contributed by atoms with Gasteiger partial charge in [0.25, 0.3) is 0 Å². The lowest BCUT2D eigenvalue weighted by Gasteiger charge is -2.35. The average Bonchev–Trinajstić information content (AvgIpc) is 2.66. The van der Waals surface area contributed by atoms with E-state index in [9.17, 15) is 9.90 Å². The first-order valence-corrected chi connectivity index (χ1v) is 7.27. The minimum absolute atomic E-state index is 0.471. The van der Waals surface area contributed by atoms with Gasteiger partial charge in [0.05, 0.1) is 0 Å². The molecule has 0 amide bonds. The largest absolute Gasteiger partial charge is 0.480 e. The molecule has 1 aromatic rings. The summed E-state index contributed by atoms with van der Waals surface area (Å²) in [4.78, 5) is 13.5. The molecule has 2 aliphatic heterocycles. The summed E-state index contributed by atoms with van der Waals surface area (Å²) in [6.45, 7) is 2.95. The molecule has 0 saturated heterocycles. The molecule has 0 aliphatic carbocycles. The first-order chi connectivity index (χ1) is 9.70. The molecule has 3 rings (SSSR count). The van der Waals surface area contributed by atoms with E-state index in [1.165, 1.54) is 16.8 Å². The van der Waals surface area contributed by atoms with E-state index in [2.05, 4.69) is 35.3 Å². The van der Waals surface area contributed by atoms with Gasteiger partial charge >= 0.3 is 5.97 Å². The average molecular weight is 272 g/mol. The lowest BCUT2D eigenvalue weighted by molar-refractivity contribution is -0.139. The standard InChI is InChI=1S/C16H20N2O2/c1-2-18-14-9-4-3-6-11(14)10-12-7-5-8-13(16(19)20)17-15(12)18/h3-4,6,9,13,17H,2,5,7-8,10H2,1H3,(H,19,20). The van der Waals surface area contributed by atoms with Crippen LogP contribution in [-0.4, -0.2) is 23.7 Å². The van der Waals surface area contributed by atoms with Crippen LogP contribution in [0, 0.1) is 0 Å². The molecular formula is C16H20N2O2. The Morgan fingerprint density at radius 1 is 1.45 bits per heavy atom. The molecule has 0 radical (unpaired) electrons. The molecule has 1 atom stereocenters. The van der Waals surface area contributed by atoms with Gasteiger partial charge in [-0.3, -0.25) is 0 Å². The lowest BCUT2D eigenvalue weighted by Crippen LogP contribution is -2.43. The molecule has 4 heteroatoms. The third-order valence-corrected chi connectivity index (χ3v) is 4.19. The van der Waals surface area contributed by atoms with Gasteiger partial charge in [-0.1, -0.05) is 18.2 Å². The highest BCUT2D eigenvalue weighted by Gasteiger charge is 2.30. The third kappa shape index (κ3) is 2.15. The highest BCUT2D eigenvalue weighted by molar-refractivity contribution is 5.74. The van der Waals surface area contributed by atoms with Crippen LogP contribution >= 0.6 is 0 Å². The highest BCUT2D eigenvalue weighted by atomic mass is 16.4. The molecule has 106 valence electrons. The van der Waals surface area contributed by atoms with E-state index < -0.39 is 12.0 Å². The normalized spacial score (nSPS) is 21.6. The van der Waals surface area contributed by atoms with Crippen LogP contribution in [0.25, 0.3) is 0 Å². The predicted octanol–water partition coefficient (Wildman–Crippen LogP) is 2.51. The van der Waals surface area contributed by atoms with Crippen LogP contribution in [0.5, 0.6) is 0 Å². The van der Waals surface area contributed by atoms with Crippen molar-refractivity contribution in [3.05, 3.63) is 41.2 Å². The number of carbonyl (C=O) groups is 1. The fourth-order valence-electron chi connectivity index (χ4n) is 3.21. The Hall–Kier alpha value is -1.97. The molecule has 2 heterocycles. The molecule has 0 bridgehead atoms. The van der Waals surface area contributed by atoms with Crippen LogP contribution in [0.3, 0.4) is 0 Å². The Labute approximate surface area is 119 Å². The second kappa shape index (κ2) is 5.19. The number of carboxylic acids is 1. The summed E-state index contributed by atoms with van der Waals surface area (Å²) < 4.78 is 0. The van der Waals surface area contributed by atoms with Crippen molar-refractivity contribution in [1.29, 1.82) is 0 Å². The van der Waals surface area contributed by atoms with E-state index in [0.717, 1.165) is 31.6 Å². The molecule has 2 N–H and O–H groups in total. The number of nitrogens with zero attached hydrogens (tertiary/aromatic N) is 1. The summed E-state index contributed by atoms with van der Waals surface area (Å²) >= 11 is 0. The number of rotatable bonds is 2. The predicted molar refractivity (Wildman–Crippen MR) is 78.6 cm³/mol. The van der Waals surface area contributed by atoms with Gasteiger partial charge in [0.15, 0.2) is 0 Å². The van der Waals surface area contributed by atoms with Crippen LogP contribution < -0.4 is 10.2 Å². The van der Waals surface area contributed by atoms with Gasteiger partial charge in [-0.15, -0.1) is 0 Å². The van der Waals surface area contributed by atoms with Gasteiger partial charge in [0.2, 0.25) is 0 Å². The number of nitrogens with one attached hydrogen (secondary N) is 1. The topological polar surface area (TPSA) is 52.6 Å². The zero-order valence-electron chi connectivity index (χ0n) is 11.7. The van der Waals surface area contributed by atoms with Crippen molar-refractivity contribution in [3.63, 3.8) is 0 Å². The van der Waals surface area contributed by atoms with Crippen molar-refractivity contribution in [3.8, 4) is 0 Å². The maximum Gasteiger partial charge on any atom is 0.326 e. The SMILES string of the molecule is CCN1C2=C(CCCC(C(=O)O)N2)Cc2ccccc21. The van der Waals surface area contributed by atoms with Gasteiger partial charge in [-0.05, 0) is 49.8 Å². The summed E-state index contributed by atoms with van der Waals surface area (Å²) in [7, 11) is 0. The molecule has 1 aromatic carbocycles. The number of benzene rings is 1. The van der Waals surface area contributed by atoms with Crippen LogP contribution in [0.1, 0.15) is 31.7 Å². The molecule has 0 spiro atoms. The van der Waals surface area contributed by atoms with E-state index in [4.69, 9.17) is 0 Å². The molecule has 4 nitrogen and oxygen atoms in total. The van der Waals surface area contributed by atoms with Crippen molar-refractivity contribution in [2.75, 3.05) is 11.4 Å². The fraction of sp³-hybridized carbons (Fsp3) is 0.438. The third-order valence-electron chi connectivity index (χ3n) is 4.19. The number of aliphatic carboxylic acids is 1. The zero-order chi connectivity index (χ0) is 14.1. The molecular weight excluding hydrogens is 252 g/mol. The fourth-order valence-corrected chi connectivity index (χ4v) is 3.21. The number of fused-ring (bicyclic) bond motifs is 1. The summed E-state index contributed by atoms with van der Waals surface area (Å²) in [5, 5.41) is 12.6. The number of allylic oxidation sites excluding steroid dienone is 1. The molecule has 2 aliphatic rings. The molecule has 0 aromatic heterocycles. The number of para-hydroxylation sites is 1. The first kappa shape index (κ1) is 13.0. The zero-order valence-corrected chi connectivity index (χ0v) is 11.7. The second-order valence-corrected chi connectivity index (χ2v) is 5.43. The molecule has 0 fully saturated rings. The van der Waals surface area contributed by atoms with E-state index in [0.29, 0.717) is 6.42 Å². The van der Waals surface area contributed by atoms with E-state index in [1.807, 2.05) is 6.07 Å². The van der Waals surface area contributed by atoms with E-state index in [-0.39, 0.29) is 0 Å². The van der Waals surface area contributed by atoms with Crippen molar-refractivity contribution in [1.82, 2.24) is 5.32 Å². The van der Waals surface area contributed by atoms with Crippen molar-refractivity contribution in [2.45, 2.75) is 38.6 Å². The van der Waals surface area contributed by atoms with Gasteiger partial charge < -0.3 is 15.3 Å². The maximum atomic E-state index is 11.3. The Morgan fingerprint density at radius 2 is 2.25 bits per heavy atom. The molecule has 0 saturated carbocycles. The summed E-state index contributed by atoms with van der Waals surface area (Å²) in [6.07, 6.45) is 3.54. The van der Waals surface area contributed by atoms with Gasteiger partial charge in [-0.25, -0.2) is 4.79 Å². The lowest BCUT2D eigenvalue weighted by atomic mass is 9.95. The van der Waals surface area contributed by atoms with Crippen molar-refractivity contribution < 1.29 is 9.90 Å². The maximum absolute atomic E-state index is 11.3. The van der Waals surface area contributed by atoms with E-state index >= 15 is 0 Å². The van der Waals surface area contributed by atoms with E-state index in [1.54, 1.807) is 0 Å². The first-order valence-electron chi connectivity index (χ1n) is 7.27. The van der Waals surface area contributed by atoms with Crippen LogP contribution in [0.2, 0.25) is 0 Å². The smallest absolute Gasteiger partial charge is 0.326 e. The van der Waals surface area contributed by atoms with Gasteiger partial charge in [-0.2, -0.15) is 0 Å². The minimum atomic E-state index is -0.756. The number of hydrogen-bond acceptors (Lipinski definition) is 3. The summed E-state index contributed by atoms with van der Waals surface area (Å²) in [5.41, 5.74) is 3.88. The number of carboxylic acid groups (broad SMARTS) is 1. The number of anilines is 1. The second-order valence-electron chi connectivity index (χ2n) is 5.43. The van der Waals surface area contributed by atoms with Gasteiger partial charge in [0.1, 0.15) is 11.9 Å². The highest BCUT2D eigenvalue weighted by Crippen LogP contribution is 2.35. The molecule has 20 heavy (non-hydrogen) atoms.